The van der Waals surface area contributed by atoms with Gasteiger partial charge in [0.05, 0.1) is 12.2 Å². The molecule has 0 saturated heterocycles. The topological polar surface area (TPSA) is 156 Å². The molecule has 1 aliphatic rings. The fourth-order valence-corrected chi connectivity index (χ4v) is 2.95. The second-order valence-corrected chi connectivity index (χ2v) is 6.31. The van der Waals surface area contributed by atoms with Gasteiger partial charge in [-0.15, -0.1) is 0 Å². The predicted octanol–water partition coefficient (Wildman–Crippen LogP) is 0.0177. The van der Waals surface area contributed by atoms with E-state index in [2.05, 4.69) is 0 Å². The average molecular weight is 352 g/mol. The second-order valence-electron chi connectivity index (χ2n) is 6.31. The number of aliphatic carboxylic acids is 1. The monoisotopic (exact) mass is 352 g/mol. The number of hydrogen-bond acceptors (Lipinski definition) is 7. The van der Waals surface area contributed by atoms with Crippen LogP contribution in [0.25, 0.3) is 6.08 Å². The molecule has 1 aromatic rings. The zero-order valence-corrected chi connectivity index (χ0v) is 13.2. The highest BCUT2D eigenvalue weighted by Crippen LogP contribution is 2.35. The Hall–Kier alpha value is -2.42. The van der Waals surface area contributed by atoms with Crippen LogP contribution >= 0.6 is 0 Å². The summed E-state index contributed by atoms with van der Waals surface area (Å²) in [6, 6.07) is 3.98. The summed E-state index contributed by atoms with van der Waals surface area (Å²) < 4.78 is 0. The molecule has 4 unspecified atom stereocenters. The summed E-state index contributed by atoms with van der Waals surface area (Å²) in [5.74, 6) is -3.50. The van der Waals surface area contributed by atoms with Gasteiger partial charge in [-0.05, 0) is 36.1 Å². The van der Waals surface area contributed by atoms with Crippen molar-refractivity contribution in [3.8, 4) is 11.5 Å². The summed E-state index contributed by atoms with van der Waals surface area (Å²) in [5, 5.41) is 57.4. The van der Waals surface area contributed by atoms with E-state index in [9.17, 15) is 35.1 Å². The van der Waals surface area contributed by atoms with Crippen molar-refractivity contribution < 1.29 is 40.2 Å². The fraction of sp³-hybridized carbons (Fsp3) is 0.412. The highest BCUT2D eigenvalue weighted by Gasteiger charge is 2.49. The molecule has 0 heterocycles. The number of ketones is 1. The second kappa shape index (κ2) is 7.22. The molecule has 1 aliphatic carbocycles. The van der Waals surface area contributed by atoms with Crippen LogP contribution in [-0.4, -0.2) is 60.2 Å². The molecule has 0 radical (unpaired) electrons. The maximum atomic E-state index is 12.0. The van der Waals surface area contributed by atoms with E-state index < -0.39 is 41.9 Å². The number of phenols is 2. The zero-order valence-electron chi connectivity index (χ0n) is 13.2. The van der Waals surface area contributed by atoms with E-state index in [-0.39, 0.29) is 24.3 Å². The number of aromatic hydroxyl groups is 2. The van der Waals surface area contributed by atoms with Crippen molar-refractivity contribution in [2.45, 2.75) is 37.1 Å². The van der Waals surface area contributed by atoms with Crippen molar-refractivity contribution in [2.75, 3.05) is 0 Å². The molecule has 8 heteroatoms. The highest BCUT2D eigenvalue weighted by atomic mass is 16.4. The number of benzene rings is 1. The van der Waals surface area contributed by atoms with Crippen molar-refractivity contribution in [1.82, 2.24) is 0 Å². The predicted molar refractivity (Wildman–Crippen MR) is 85.8 cm³/mol. The van der Waals surface area contributed by atoms with Gasteiger partial charge < -0.3 is 30.6 Å². The molecule has 0 bridgehead atoms. The number of allylic oxidation sites excluding steroid dienone is 1. The van der Waals surface area contributed by atoms with Crippen LogP contribution in [-0.2, 0) is 9.59 Å². The van der Waals surface area contributed by atoms with Gasteiger partial charge in [-0.2, -0.15) is 0 Å². The third-order valence-corrected chi connectivity index (χ3v) is 4.35. The highest BCUT2D eigenvalue weighted by molar-refractivity contribution is 5.94. The number of rotatable bonds is 5. The van der Waals surface area contributed by atoms with Gasteiger partial charge in [0.2, 0.25) is 0 Å². The van der Waals surface area contributed by atoms with Crippen LogP contribution in [0.2, 0.25) is 0 Å². The first-order chi connectivity index (χ1) is 11.6. The van der Waals surface area contributed by atoms with Gasteiger partial charge in [-0.3, -0.25) is 4.79 Å². The van der Waals surface area contributed by atoms with Crippen molar-refractivity contribution in [3.63, 3.8) is 0 Å². The number of carboxylic acids is 1. The summed E-state index contributed by atoms with van der Waals surface area (Å²) in [4.78, 5) is 23.2. The van der Waals surface area contributed by atoms with Gasteiger partial charge >= 0.3 is 5.97 Å². The summed E-state index contributed by atoms with van der Waals surface area (Å²) >= 11 is 0. The lowest BCUT2D eigenvalue weighted by atomic mass is 9.73. The molecule has 4 atom stereocenters. The number of carbonyl (C=O) groups excluding carboxylic acids is 1. The third kappa shape index (κ3) is 4.36. The van der Waals surface area contributed by atoms with Gasteiger partial charge in [-0.1, -0.05) is 12.1 Å². The molecule has 25 heavy (non-hydrogen) atoms. The molecule has 1 saturated carbocycles. The Bertz CT molecular complexity index is 698. The van der Waals surface area contributed by atoms with Crippen LogP contribution in [0.1, 0.15) is 24.8 Å². The van der Waals surface area contributed by atoms with E-state index in [1.807, 2.05) is 0 Å². The van der Waals surface area contributed by atoms with Crippen molar-refractivity contribution in [1.29, 1.82) is 0 Å². The summed E-state index contributed by atoms with van der Waals surface area (Å²) in [5.41, 5.74) is -1.73. The smallest absolute Gasteiger partial charge is 0.335 e. The molecule has 0 spiro atoms. The average Bonchev–Trinajstić information content (AvgIpc) is 2.53. The first-order valence-corrected chi connectivity index (χ1v) is 7.67. The lowest BCUT2D eigenvalue weighted by molar-refractivity contribution is -0.179. The van der Waals surface area contributed by atoms with Crippen LogP contribution in [0, 0.1) is 5.92 Å². The minimum absolute atomic E-state index is 0.256. The van der Waals surface area contributed by atoms with Gasteiger partial charge in [0, 0.05) is 12.8 Å². The van der Waals surface area contributed by atoms with E-state index in [4.69, 9.17) is 5.11 Å². The van der Waals surface area contributed by atoms with Crippen LogP contribution in [0.5, 0.6) is 11.5 Å². The van der Waals surface area contributed by atoms with Crippen LogP contribution in [0.15, 0.2) is 24.3 Å². The molecule has 8 nitrogen and oxygen atoms in total. The third-order valence-electron chi connectivity index (χ3n) is 4.35. The molecule has 2 rings (SSSR count). The van der Waals surface area contributed by atoms with Gasteiger partial charge in [0.15, 0.2) is 22.9 Å². The Labute approximate surface area is 143 Å². The van der Waals surface area contributed by atoms with Crippen molar-refractivity contribution in [2.24, 2.45) is 5.92 Å². The number of carbonyl (C=O) groups is 2. The van der Waals surface area contributed by atoms with Crippen molar-refractivity contribution in [3.05, 3.63) is 29.8 Å². The van der Waals surface area contributed by atoms with Gasteiger partial charge in [0.25, 0.3) is 0 Å². The number of hydrogen-bond donors (Lipinski definition) is 6. The van der Waals surface area contributed by atoms with E-state index in [1.165, 1.54) is 30.4 Å². The van der Waals surface area contributed by atoms with Gasteiger partial charge in [-0.25, -0.2) is 4.79 Å². The summed E-state index contributed by atoms with van der Waals surface area (Å²) in [7, 11) is 0. The fourth-order valence-electron chi connectivity index (χ4n) is 2.95. The molecule has 0 aliphatic heterocycles. The zero-order chi connectivity index (χ0) is 18.8. The minimum Gasteiger partial charge on any atom is -0.504 e. The molecule has 0 amide bonds. The molecule has 136 valence electrons. The number of phenolic OH excluding ortho intramolecular Hbond substituents is 2. The van der Waals surface area contributed by atoms with Crippen molar-refractivity contribution >= 4 is 17.8 Å². The number of aliphatic hydroxyl groups excluding tert-OH is 2. The standard InChI is InChI=1S/C17H20O8/c18-11(3-1-9-2-4-12(19)13(20)5-9)6-10-7-17(25,16(23)24)8-14(21)15(10)22/h1-5,10,14-15,19-22,25H,6-8H2,(H,23,24)/b3-1+. The van der Waals surface area contributed by atoms with E-state index in [0.29, 0.717) is 5.56 Å². The summed E-state index contributed by atoms with van der Waals surface area (Å²) in [6.45, 7) is 0. The molecule has 1 aromatic carbocycles. The maximum Gasteiger partial charge on any atom is 0.335 e. The quantitative estimate of drug-likeness (QED) is 0.320. The van der Waals surface area contributed by atoms with Crippen LogP contribution in [0.4, 0.5) is 0 Å². The number of carboxylic acid groups (broad SMARTS) is 1. The Morgan fingerprint density at radius 3 is 2.44 bits per heavy atom. The van der Waals surface area contributed by atoms with Crippen LogP contribution in [0.3, 0.4) is 0 Å². The SMILES string of the molecule is O=C(/C=C/c1ccc(O)c(O)c1)CC1CC(O)(C(=O)O)CC(O)C1O. The van der Waals surface area contributed by atoms with E-state index >= 15 is 0 Å². The largest absolute Gasteiger partial charge is 0.504 e. The first-order valence-electron chi connectivity index (χ1n) is 7.67. The molecule has 1 fully saturated rings. The van der Waals surface area contributed by atoms with Crippen LogP contribution < -0.4 is 0 Å². The minimum atomic E-state index is -2.18. The maximum absolute atomic E-state index is 12.0. The Morgan fingerprint density at radius 1 is 1.16 bits per heavy atom. The molecule has 6 N–H and O–H groups in total. The summed E-state index contributed by atoms with van der Waals surface area (Å²) in [6.07, 6.45) is -1.29. The molecular weight excluding hydrogens is 332 g/mol. The van der Waals surface area contributed by atoms with E-state index in [1.54, 1.807) is 0 Å². The lowest BCUT2D eigenvalue weighted by Gasteiger charge is -2.39. The van der Waals surface area contributed by atoms with Gasteiger partial charge in [0.1, 0.15) is 0 Å². The number of aliphatic hydroxyl groups is 3. The Balaban J connectivity index is 2.06. The Morgan fingerprint density at radius 2 is 1.84 bits per heavy atom. The normalized spacial score (nSPS) is 29.6. The molecule has 0 aromatic heterocycles. The van der Waals surface area contributed by atoms with E-state index in [0.717, 1.165) is 0 Å². The molecular formula is C17H20O8. The lowest BCUT2D eigenvalue weighted by Crippen LogP contribution is -2.54. The Kier molecular flexibility index (Phi) is 5.46. The first kappa shape index (κ1) is 18.9.